The molecule has 23 heavy (non-hydrogen) atoms. The van der Waals surface area contributed by atoms with Gasteiger partial charge in [0.15, 0.2) is 0 Å². The van der Waals surface area contributed by atoms with E-state index in [9.17, 15) is 18.4 Å². The van der Waals surface area contributed by atoms with E-state index in [-0.39, 0.29) is 5.56 Å². The van der Waals surface area contributed by atoms with Crippen molar-refractivity contribution in [3.63, 3.8) is 0 Å². The van der Waals surface area contributed by atoms with Crippen molar-refractivity contribution in [1.29, 1.82) is 5.26 Å². The number of nitrogens with zero attached hydrogens (tertiary/aromatic N) is 1. The zero-order chi connectivity index (χ0) is 17.0. The molecule has 120 valence electrons. The van der Waals surface area contributed by atoms with E-state index in [1.807, 2.05) is 0 Å². The Kier molecular flexibility index (Phi) is 5.69. The van der Waals surface area contributed by atoms with Crippen molar-refractivity contribution in [1.82, 2.24) is 0 Å². The van der Waals surface area contributed by atoms with Crippen molar-refractivity contribution < 1.29 is 13.2 Å². The summed E-state index contributed by atoms with van der Waals surface area (Å²) in [5.41, 5.74) is -0.710. The third kappa shape index (κ3) is 3.52. The molecule has 0 aromatic heterocycles. The van der Waals surface area contributed by atoms with Gasteiger partial charge >= 0.3 is 0 Å². The van der Waals surface area contributed by atoms with Gasteiger partial charge in [0, 0.05) is 15.9 Å². The molecule has 2 aromatic carbocycles. The van der Waals surface area contributed by atoms with Crippen LogP contribution in [0.1, 0.15) is 30.4 Å². The van der Waals surface area contributed by atoms with Crippen LogP contribution in [0.4, 0.5) is 13.2 Å². The van der Waals surface area contributed by atoms with Gasteiger partial charge in [-0.1, -0.05) is 40.8 Å². The molecule has 0 radical (unpaired) electrons. The summed E-state index contributed by atoms with van der Waals surface area (Å²) >= 11 is 2.12. The van der Waals surface area contributed by atoms with E-state index in [1.165, 1.54) is 42.5 Å². The van der Waals surface area contributed by atoms with E-state index in [0.717, 1.165) is 0 Å². The van der Waals surface area contributed by atoms with Crippen LogP contribution in [0.15, 0.2) is 42.5 Å². The molecule has 0 N–H and O–H groups in total. The molecule has 2 aromatic rings. The van der Waals surface area contributed by atoms with Gasteiger partial charge < -0.3 is 0 Å². The highest BCUT2D eigenvalue weighted by Gasteiger charge is 2.39. The maximum Gasteiger partial charge on any atom is 0.129 e. The van der Waals surface area contributed by atoms with E-state index >= 15 is 0 Å². The minimum atomic E-state index is -1.16. The molecule has 0 aliphatic carbocycles. The average Bonchev–Trinajstić information content (AvgIpc) is 2.54. The highest BCUT2D eigenvalue weighted by molar-refractivity contribution is 14.1. The lowest BCUT2D eigenvalue weighted by atomic mass is 9.68. The lowest BCUT2D eigenvalue weighted by Crippen LogP contribution is -2.30. The molecule has 2 atom stereocenters. The van der Waals surface area contributed by atoms with Gasteiger partial charge in [-0.3, -0.25) is 0 Å². The zero-order valence-corrected chi connectivity index (χ0v) is 14.6. The van der Waals surface area contributed by atoms with Crippen molar-refractivity contribution in [3.05, 3.63) is 71.0 Å². The molecule has 0 bridgehead atoms. The molecule has 0 aliphatic rings. The van der Waals surface area contributed by atoms with E-state index in [2.05, 4.69) is 28.7 Å². The molecular formula is C18H15F3IN. The molecule has 2 rings (SSSR count). The van der Waals surface area contributed by atoms with Gasteiger partial charge in [-0.05, 0) is 43.2 Å². The SMILES string of the molecule is CC(C#N)(c1ccc(F)cc1)C(CCI)c1c(F)cccc1F. The number of hydrogen-bond acceptors (Lipinski definition) is 1. The van der Waals surface area contributed by atoms with Crippen LogP contribution < -0.4 is 0 Å². The summed E-state index contributed by atoms with van der Waals surface area (Å²) in [6.07, 6.45) is 0.430. The summed E-state index contributed by atoms with van der Waals surface area (Å²) in [4.78, 5) is 0. The van der Waals surface area contributed by atoms with Crippen LogP contribution in [0.3, 0.4) is 0 Å². The molecule has 0 spiro atoms. The van der Waals surface area contributed by atoms with E-state index in [4.69, 9.17) is 0 Å². The third-order valence-corrected chi connectivity index (χ3v) is 4.74. The monoisotopic (exact) mass is 429 g/mol. The van der Waals surface area contributed by atoms with Crippen molar-refractivity contribution in [3.8, 4) is 6.07 Å². The number of halogens is 4. The summed E-state index contributed by atoms with van der Waals surface area (Å²) in [6, 6.07) is 11.4. The Morgan fingerprint density at radius 1 is 1.09 bits per heavy atom. The van der Waals surface area contributed by atoms with E-state index < -0.39 is 28.8 Å². The largest absolute Gasteiger partial charge is 0.207 e. The standard InChI is InChI=1S/C18H15F3IN/c1-18(11-23,12-5-7-13(19)8-6-12)14(9-10-22)17-15(20)3-2-4-16(17)21/h2-8,14H,9-10H2,1H3. The molecule has 0 saturated heterocycles. The lowest BCUT2D eigenvalue weighted by molar-refractivity contribution is 0.421. The second-order valence-electron chi connectivity index (χ2n) is 5.49. The number of rotatable bonds is 5. The third-order valence-electron chi connectivity index (χ3n) is 4.12. The summed E-state index contributed by atoms with van der Waals surface area (Å²) in [6.45, 7) is 1.64. The first-order valence-electron chi connectivity index (χ1n) is 7.11. The van der Waals surface area contributed by atoms with Gasteiger partial charge in [-0.15, -0.1) is 0 Å². The first-order valence-corrected chi connectivity index (χ1v) is 8.63. The Balaban J connectivity index is 2.62. The number of nitriles is 1. The molecule has 0 amide bonds. The van der Waals surface area contributed by atoms with Gasteiger partial charge in [0.2, 0.25) is 0 Å². The summed E-state index contributed by atoms with van der Waals surface area (Å²) in [5, 5.41) is 9.76. The lowest BCUT2D eigenvalue weighted by Gasteiger charge is -2.33. The van der Waals surface area contributed by atoms with Gasteiger partial charge in [-0.25, -0.2) is 13.2 Å². The molecular weight excluding hydrogens is 414 g/mol. The van der Waals surface area contributed by atoms with Gasteiger partial charge in [0.05, 0.1) is 11.5 Å². The molecule has 0 saturated carbocycles. The molecule has 0 aliphatic heterocycles. The fourth-order valence-corrected chi connectivity index (χ4v) is 3.44. The van der Waals surface area contributed by atoms with Crippen molar-refractivity contribution in [2.24, 2.45) is 0 Å². The highest BCUT2D eigenvalue weighted by Crippen LogP contribution is 2.43. The minimum absolute atomic E-state index is 0.0856. The maximum atomic E-state index is 14.3. The van der Waals surface area contributed by atoms with Crippen LogP contribution >= 0.6 is 22.6 Å². The fourth-order valence-electron chi connectivity index (χ4n) is 2.81. The molecule has 0 heterocycles. The van der Waals surface area contributed by atoms with Crippen LogP contribution in [-0.2, 0) is 5.41 Å². The van der Waals surface area contributed by atoms with E-state index in [1.54, 1.807) is 6.92 Å². The summed E-state index contributed by atoms with van der Waals surface area (Å²) in [5.74, 6) is -2.42. The second-order valence-corrected chi connectivity index (χ2v) is 6.57. The maximum absolute atomic E-state index is 14.3. The number of hydrogen-bond donors (Lipinski definition) is 0. The van der Waals surface area contributed by atoms with Crippen LogP contribution in [0.2, 0.25) is 0 Å². The molecule has 1 nitrogen and oxygen atoms in total. The molecule has 5 heteroatoms. The Bertz CT molecular complexity index is 704. The van der Waals surface area contributed by atoms with Crippen molar-refractivity contribution in [2.75, 3.05) is 4.43 Å². The number of benzene rings is 2. The van der Waals surface area contributed by atoms with Crippen LogP contribution in [0, 0.1) is 28.8 Å². The highest BCUT2D eigenvalue weighted by atomic mass is 127. The normalized spacial score (nSPS) is 14.8. The Morgan fingerprint density at radius 3 is 2.13 bits per heavy atom. The average molecular weight is 429 g/mol. The van der Waals surface area contributed by atoms with Crippen molar-refractivity contribution >= 4 is 22.6 Å². The summed E-state index contributed by atoms with van der Waals surface area (Å²) < 4.78 is 42.3. The Morgan fingerprint density at radius 2 is 1.65 bits per heavy atom. The van der Waals surface area contributed by atoms with Gasteiger partial charge in [-0.2, -0.15) is 5.26 Å². The predicted octanol–water partition coefficient (Wildman–Crippen LogP) is 5.49. The zero-order valence-electron chi connectivity index (χ0n) is 12.5. The Hall–Kier alpha value is -1.55. The van der Waals surface area contributed by atoms with E-state index in [0.29, 0.717) is 16.4 Å². The topological polar surface area (TPSA) is 23.8 Å². The quantitative estimate of drug-likeness (QED) is 0.455. The number of alkyl halides is 1. The van der Waals surface area contributed by atoms with Crippen LogP contribution in [0.5, 0.6) is 0 Å². The smallest absolute Gasteiger partial charge is 0.129 e. The van der Waals surface area contributed by atoms with Gasteiger partial charge in [0.1, 0.15) is 17.5 Å². The second kappa shape index (κ2) is 7.35. The molecule has 0 fully saturated rings. The van der Waals surface area contributed by atoms with Crippen LogP contribution in [0.25, 0.3) is 0 Å². The minimum Gasteiger partial charge on any atom is -0.207 e. The predicted molar refractivity (Wildman–Crippen MR) is 92.0 cm³/mol. The van der Waals surface area contributed by atoms with Crippen molar-refractivity contribution in [2.45, 2.75) is 24.7 Å². The first-order chi connectivity index (χ1) is 10.9. The first kappa shape index (κ1) is 17.8. The van der Waals surface area contributed by atoms with Crippen LogP contribution in [-0.4, -0.2) is 4.43 Å². The summed E-state index contributed by atoms with van der Waals surface area (Å²) in [7, 11) is 0. The van der Waals surface area contributed by atoms with Gasteiger partial charge in [0.25, 0.3) is 0 Å². The molecule has 2 unspecified atom stereocenters. The Labute approximate surface area is 147 Å². The fraction of sp³-hybridized carbons (Fsp3) is 0.278.